The van der Waals surface area contributed by atoms with E-state index in [1.54, 1.807) is 0 Å². The summed E-state index contributed by atoms with van der Waals surface area (Å²) in [5.74, 6) is -0.704. The van der Waals surface area contributed by atoms with Crippen molar-refractivity contribution < 1.29 is 44.2 Å². The third-order valence-electron chi connectivity index (χ3n) is 5.04. The number of aliphatic hydroxyl groups excluding tert-OH is 4. The average molecular weight is 411 g/mol. The minimum Gasteiger partial charge on any atom is -0.461 e. The van der Waals surface area contributed by atoms with Gasteiger partial charge in [0.15, 0.2) is 6.29 Å². The molecule has 10 heteroatoms. The average Bonchev–Trinajstić information content (AvgIpc) is 3.23. The molecule has 0 aliphatic carbocycles. The summed E-state index contributed by atoms with van der Waals surface area (Å²) in [6, 6.07) is 8.31. The van der Waals surface area contributed by atoms with Gasteiger partial charge in [0.05, 0.1) is 0 Å². The minimum atomic E-state index is -1.71. The maximum Gasteiger partial charge on any atom is 0.410 e. The number of carbonyl (C=O) groups is 2. The summed E-state index contributed by atoms with van der Waals surface area (Å²) in [6.45, 7) is -0.0258. The Hall–Kier alpha value is -2.24. The van der Waals surface area contributed by atoms with Gasteiger partial charge in [-0.15, -0.1) is 0 Å². The molecule has 0 saturated carbocycles. The molecule has 1 aromatic rings. The molecule has 0 radical (unpaired) electrons. The molecule has 2 aliphatic rings. The molecule has 2 fully saturated rings. The lowest BCUT2D eigenvalue weighted by Crippen LogP contribution is -2.58. The third kappa shape index (κ3) is 5.03. The second-order valence-electron chi connectivity index (χ2n) is 7.06. The van der Waals surface area contributed by atoms with Gasteiger partial charge in [-0.05, 0) is 18.4 Å². The predicted octanol–water partition coefficient (Wildman–Crippen LogP) is -0.869. The van der Waals surface area contributed by atoms with E-state index < -0.39 is 55.4 Å². The van der Waals surface area contributed by atoms with Crippen molar-refractivity contribution in [3.63, 3.8) is 0 Å². The van der Waals surface area contributed by atoms with E-state index in [9.17, 15) is 30.0 Å². The van der Waals surface area contributed by atoms with E-state index in [0.717, 1.165) is 5.56 Å². The lowest BCUT2D eigenvalue weighted by Gasteiger charge is -2.38. The minimum absolute atomic E-state index is 0.0815. The van der Waals surface area contributed by atoms with Crippen molar-refractivity contribution in [2.75, 3.05) is 13.2 Å². The Morgan fingerprint density at radius 2 is 1.76 bits per heavy atom. The number of ether oxygens (including phenoxy) is 3. The second-order valence-corrected chi connectivity index (χ2v) is 7.06. The van der Waals surface area contributed by atoms with Crippen LogP contribution < -0.4 is 0 Å². The molecule has 6 atom stereocenters. The van der Waals surface area contributed by atoms with E-state index >= 15 is 0 Å². The molecule has 0 spiro atoms. The number of amides is 1. The van der Waals surface area contributed by atoms with Gasteiger partial charge in [0.25, 0.3) is 0 Å². The zero-order valence-electron chi connectivity index (χ0n) is 15.7. The number of benzene rings is 1. The Morgan fingerprint density at radius 3 is 2.48 bits per heavy atom. The van der Waals surface area contributed by atoms with E-state index in [0.29, 0.717) is 19.4 Å². The number of rotatable bonds is 5. The van der Waals surface area contributed by atoms with Crippen LogP contribution in [-0.2, 0) is 25.6 Å². The van der Waals surface area contributed by atoms with Crippen molar-refractivity contribution in [2.45, 2.75) is 56.2 Å². The fourth-order valence-corrected chi connectivity index (χ4v) is 3.36. The van der Waals surface area contributed by atoms with Crippen molar-refractivity contribution in [3.8, 4) is 0 Å². The summed E-state index contributed by atoms with van der Waals surface area (Å²) in [4.78, 5) is 26.1. The standard InChI is InChI=1S/C19H25NO9/c21-14-13(29-18(25)16(23)15(14)22)10-27-17(24)12-7-4-8-20(12)19(26)28-9-11-5-2-1-3-6-11/h1-3,5-6,12-16,18,21-23,25H,4,7-10H2/t12-,13-,14+,15-,16+,18+/m0/s1. The fraction of sp³-hybridized carbons (Fsp3) is 0.579. The van der Waals surface area contributed by atoms with Crippen LogP contribution in [0.2, 0.25) is 0 Å². The van der Waals surface area contributed by atoms with Gasteiger partial charge in [-0.3, -0.25) is 4.90 Å². The van der Waals surface area contributed by atoms with Crippen LogP contribution in [0.4, 0.5) is 4.79 Å². The van der Waals surface area contributed by atoms with Crippen molar-refractivity contribution in [2.24, 2.45) is 0 Å². The van der Waals surface area contributed by atoms with E-state index in [1.807, 2.05) is 30.3 Å². The van der Waals surface area contributed by atoms with Crippen LogP contribution >= 0.6 is 0 Å². The summed E-state index contributed by atoms with van der Waals surface area (Å²) in [6.07, 6.45) is -7.41. The van der Waals surface area contributed by atoms with Crippen molar-refractivity contribution in [3.05, 3.63) is 35.9 Å². The summed E-state index contributed by atoms with van der Waals surface area (Å²) < 4.78 is 15.4. The Bertz CT molecular complexity index is 700. The molecule has 1 amide bonds. The lowest BCUT2D eigenvalue weighted by molar-refractivity contribution is -0.287. The van der Waals surface area contributed by atoms with Crippen LogP contribution in [0, 0.1) is 0 Å². The Morgan fingerprint density at radius 1 is 1.03 bits per heavy atom. The Labute approximate surface area is 167 Å². The molecule has 4 N–H and O–H groups in total. The van der Waals surface area contributed by atoms with Crippen molar-refractivity contribution in [1.29, 1.82) is 0 Å². The number of nitrogens with zero attached hydrogens (tertiary/aromatic N) is 1. The molecule has 2 aliphatic heterocycles. The van der Waals surface area contributed by atoms with E-state index in [2.05, 4.69) is 0 Å². The fourth-order valence-electron chi connectivity index (χ4n) is 3.36. The number of likely N-dealkylation sites (tertiary alicyclic amines) is 1. The molecule has 3 rings (SSSR count). The van der Waals surface area contributed by atoms with Crippen LogP contribution in [0.5, 0.6) is 0 Å². The second kappa shape index (κ2) is 9.51. The molecule has 2 heterocycles. The highest BCUT2D eigenvalue weighted by atomic mass is 16.7. The van der Waals surface area contributed by atoms with Crippen molar-refractivity contribution >= 4 is 12.1 Å². The van der Waals surface area contributed by atoms with Crippen LogP contribution in [0.3, 0.4) is 0 Å². The molecule has 0 unspecified atom stereocenters. The van der Waals surface area contributed by atoms with Crippen LogP contribution in [0.1, 0.15) is 18.4 Å². The zero-order valence-corrected chi connectivity index (χ0v) is 15.7. The van der Waals surface area contributed by atoms with E-state index in [1.165, 1.54) is 4.90 Å². The van der Waals surface area contributed by atoms with Gasteiger partial charge in [-0.25, -0.2) is 9.59 Å². The van der Waals surface area contributed by atoms with Crippen LogP contribution in [0.25, 0.3) is 0 Å². The molecule has 2 saturated heterocycles. The maximum absolute atomic E-state index is 12.4. The van der Waals surface area contributed by atoms with Gasteiger partial charge in [-0.1, -0.05) is 30.3 Å². The van der Waals surface area contributed by atoms with Gasteiger partial charge in [0.2, 0.25) is 0 Å². The summed E-state index contributed by atoms with van der Waals surface area (Å²) in [5.41, 5.74) is 0.821. The Kier molecular flexibility index (Phi) is 7.04. The van der Waals surface area contributed by atoms with Crippen LogP contribution in [-0.4, -0.2) is 87.3 Å². The monoisotopic (exact) mass is 411 g/mol. The molecule has 0 aromatic heterocycles. The summed E-state index contributed by atoms with van der Waals surface area (Å²) in [7, 11) is 0. The topological polar surface area (TPSA) is 146 Å². The van der Waals surface area contributed by atoms with Gasteiger partial charge < -0.3 is 34.6 Å². The van der Waals surface area contributed by atoms with Gasteiger partial charge in [0, 0.05) is 6.54 Å². The predicted molar refractivity (Wildman–Crippen MR) is 96.2 cm³/mol. The molecule has 10 nitrogen and oxygen atoms in total. The molecular formula is C19H25NO9. The van der Waals surface area contributed by atoms with Gasteiger partial charge >= 0.3 is 12.1 Å². The first-order valence-corrected chi connectivity index (χ1v) is 9.40. The maximum atomic E-state index is 12.4. The quantitative estimate of drug-likeness (QED) is 0.454. The number of carbonyl (C=O) groups excluding carboxylic acids is 2. The number of hydrogen-bond donors (Lipinski definition) is 4. The van der Waals surface area contributed by atoms with Crippen molar-refractivity contribution in [1.82, 2.24) is 4.90 Å². The number of esters is 1. The SMILES string of the molecule is O=C(OC[C@@H]1O[C@@H](O)[C@H](O)[C@@H](O)[C@@H]1O)[C@@H]1CCCN1C(=O)OCc1ccccc1. The number of aliphatic hydroxyl groups is 4. The summed E-state index contributed by atoms with van der Waals surface area (Å²) >= 11 is 0. The molecule has 0 bridgehead atoms. The zero-order chi connectivity index (χ0) is 21.0. The highest BCUT2D eigenvalue weighted by Gasteiger charge is 2.44. The smallest absolute Gasteiger partial charge is 0.410 e. The summed E-state index contributed by atoms with van der Waals surface area (Å²) in [5, 5.41) is 38.6. The molecule has 1 aromatic carbocycles. The first-order valence-electron chi connectivity index (χ1n) is 9.40. The van der Waals surface area contributed by atoms with E-state index in [-0.39, 0.29) is 6.61 Å². The first kappa shape index (κ1) is 21.5. The molecule has 160 valence electrons. The Balaban J connectivity index is 1.51. The highest BCUT2D eigenvalue weighted by molar-refractivity contribution is 5.82. The molecule has 29 heavy (non-hydrogen) atoms. The lowest BCUT2D eigenvalue weighted by atomic mass is 9.99. The van der Waals surface area contributed by atoms with E-state index in [4.69, 9.17) is 14.2 Å². The third-order valence-corrected chi connectivity index (χ3v) is 5.04. The first-order chi connectivity index (χ1) is 13.9. The highest BCUT2D eigenvalue weighted by Crippen LogP contribution is 2.23. The number of hydrogen-bond acceptors (Lipinski definition) is 9. The largest absolute Gasteiger partial charge is 0.461 e. The van der Waals surface area contributed by atoms with Gasteiger partial charge in [0.1, 0.15) is 43.7 Å². The molecular weight excluding hydrogens is 386 g/mol. The van der Waals surface area contributed by atoms with Crippen LogP contribution in [0.15, 0.2) is 30.3 Å². The normalized spacial score (nSPS) is 32.1. The van der Waals surface area contributed by atoms with Gasteiger partial charge in [-0.2, -0.15) is 0 Å².